The monoisotopic (exact) mass is 358 g/mol. The predicted octanol–water partition coefficient (Wildman–Crippen LogP) is 4.57. The maximum atomic E-state index is 10.6. The van der Waals surface area contributed by atoms with Crippen molar-refractivity contribution in [2.24, 2.45) is 22.7 Å². The van der Waals surface area contributed by atoms with Crippen LogP contribution in [0.15, 0.2) is 0 Å². The number of hydrogen-bond donors (Lipinski definition) is 3. The molecule has 0 aromatic carbocycles. The first-order valence-electron chi connectivity index (χ1n) is 9.35. The van der Waals surface area contributed by atoms with E-state index in [1.807, 2.05) is 20.8 Å². The molecule has 0 aromatic heterocycles. The van der Waals surface area contributed by atoms with E-state index in [1.165, 1.54) is 12.8 Å². The minimum Gasteiger partial charge on any atom is -0.481 e. The molecule has 1 atom stereocenters. The van der Waals surface area contributed by atoms with Gasteiger partial charge in [0.05, 0.1) is 6.10 Å². The zero-order chi connectivity index (χ0) is 19.8. The number of rotatable bonds is 5. The van der Waals surface area contributed by atoms with Crippen LogP contribution in [0.5, 0.6) is 0 Å². The van der Waals surface area contributed by atoms with Crippen molar-refractivity contribution in [1.29, 1.82) is 0 Å². The van der Waals surface area contributed by atoms with E-state index >= 15 is 0 Å². The van der Waals surface area contributed by atoms with Gasteiger partial charge in [-0.1, -0.05) is 41.5 Å². The molecular weight excluding hydrogens is 320 g/mol. The number of carboxylic acids is 2. The third-order valence-electron chi connectivity index (χ3n) is 5.27. The number of aliphatic carboxylic acids is 2. The summed E-state index contributed by atoms with van der Waals surface area (Å²) in [5, 5.41) is 26.5. The Morgan fingerprint density at radius 3 is 1.72 bits per heavy atom. The zero-order valence-electron chi connectivity index (χ0n) is 16.8. The number of hydrogen-bond acceptors (Lipinski definition) is 3. The molecule has 1 unspecified atom stereocenters. The fourth-order valence-corrected chi connectivity index (χ4v) is 3.29. The standard InChI is InChI=1S/C10H18O4.C10H20O/c1-10(2,3)7(6-9(13)14)4-5-8(11)12;1-10(2,3)8-4-6-9(11)7-5-8/h7H,4-6H2,1-3H3,(H,11,12)(H,13,14);8-9,11H,4-7H2,1-3H3. The molecule has 0 radical (unpaired) electrons. The molecule has 1 rings (SSSR count). The van der Waals surface area contributed by atoms with Crippen molar-refractivity contribution in [3.63, 3.8) is 0 Å². The quantitative estimate of drug-likeness (QED) is 0.669. The fourth-order valence-electron chi connectivity index (χ4n) is 3.29. The summed E-state index contributed by atoms with van der Waals surface area (Å²) in [6, 6.07) is 0. The van der Waals surface area contributed by atoms with Crippen LogP contribution < -0.4 is 0 Å². The van der Waals surface area contributed by atoms with Gasteiger partial charge in [0.2, 0.25) is 0 Å². The number of aliphatic hydroxyl groups excluding tert-OH is 1. The third-order valence-corrected chi connectivity index (χ3v) is 5.27. The molecule has 148 valence electrons. The Labute approximate surface area is 152 Å². The van der Waals surface area contributed by atoms with Gasteiger partial charge in [-0.2, -0.15) is 0 Å². The first-order chi connectivity index (χ1) is 11.2. The number of aliphatic hydroxyl groups is 1. The molecule has 0 bridgehead atoms. The van der Waals surface area contributed by atoms with Crippen LogP contribution in [0.2, 0.25) is 0 Å². The van der Waals surface area contributed by atoms with E-state index in [2.05, 4.69) is 20.8 Å². The Morgan fingerprint density at radius 1 is 0.920 bits per heavy atom. The fraction of sp³-hybridized carbons (Fsp3) is 0.900. The summed E-state index contributed by atoms with van der Waals surface area (Å²) in [6.45, 7) is 12.7. The van der Waals surface area contributed by atoms with Crippen LogP contribution in [-0.4, -0.2) is 33.4 Å². The molecule has 5 heteroatoms. The molecule has 0 spiro atoms. The largest absolute Gasteiger partial charge is 0.481 e. The van der Waals surface area contributed by atoms with Crippen molar-refractivity contribution in [1.82, 2.24) is 0 Å². The minimum absolute atomic E-state index is 0.00593. The van der Waals surface area contributed by atoms with Crippen molar-refractivity contribution in [3.05, 3.63) is 0 Å². The third kappa shape index (κ3) is 11.2. The summed E-state index contributed by atoms with van der Waals surface area (Å²) in [5.41, 5.74) is 0.286. The first-order valence-corrected chi connectivity index (χ1v) is 9.35. The molecule has 1 fully saturated rings. The van der Waals surface area contributed by atoms with Gasteiger partial charge in [0, 0.05) is 12.8 Å². The second-order valence-corrected chi connectivity index (χ2v) is 9.46. The molecule has 0 aromatic rings. The van der Waals surface area contributed by atoms with Crippen LogP contribution in [-0.2, 0) is 9.59 Å². The van der Waals surface area contributed by atoms with E-state index < -0.39 is 11.9 Å². The van der Waals surface area contributed by atoms with E-state index in [4.69, 9.17) is 10.2 Å². The smallest absolute Gasteiger partial charge is 0.303 e. The summed E-state index contributed by atoms with van der Waals surface area (Å²) >= 11 is 0. The molecule has 0 saturated heterocycles. The van der Waals surface area contributed by atoms with E-state index in [1.54, 1.807) is 0 Å². The molecule has 0 aliphatic heterocycles. The van der Waals surface area contributed by atoms with E-state index in [0.29, 0.717) is 11.8 Å². The lowest BCUT2D eigenvalue weighted by molar-refractivity contribution is -0.141. The Morgan fingerprint density at radius 2 is 1.40 bits per heavy atom. The molecule has 0 amide bonds. The second kappa shape index (κ2) is 10.1. The summed E-state index contributed by atoms with van der Waals surface area (Å²) in [7, 11) is 0. The molecule has 1 aliphatic rings. The van der Waals surface area contributed by atoms with Crippen LogP contribution in [0, 0.1) is 22.7 Å². The molecular formula is C20H38O5. The van der Waals surface area contributed by atoms with Gasteiger partial charge in [0.1, 0.15) is 0 Å². The van der Waals surface area contributed by atoms with Crippen molar-refractivity contribution < 1.29 is 24.9 Å². The van der Waals surface area contributed by atoms with Crippen LogP contribution >= 0.6 is 0 Å². The first kappa shape index (κ1) is 23.9. The lowest BCUT2D eigenvalue weighted by atomic mass is 9.72. The van der Waals surface area contributed by atoms with Crippen LogP contribution in [0.3, 0.4) is 0 Å². The van der Waals surface area contributed by atoms with Gasteiger partial charge in [-0.05, 0) is 54.8 Å². The average molecular weight is 359 g/mol. The van der Waals surface area contributed by atoms with Crippen molar-refractivity contribution in [2.75, 3.05) is 0 Å². The van der Waals surface area contributed by atoms with Crippen molar-refractivity contribution in [2.45, 2.75) is 92.6 Å². The van der Waals surface area contributed by atoms with Gasteiger partial charge in [0.25, 0.3) is 0 Å². The molecule has 5 nitrogen and oxygen atoms in total. The Hall–Kier alpha value is -1.10. The zero-order valence-corrected chi connectivity index (χ0v) is 16.8. The summed E-state index contributed by atoms with van der Waals surface area (Å²) in [6.07, 6.45) is 4.95. The highest BCUT2D eigenvalue weighted by atomic mass is 16.4. The van der Waals surface area contributed by atoms with Gasteiger partial charge in [0.15, 0.2) is 0 Å². The number of carbonyl (C=O) groups is 2. The van der Waals surface area contributed by atoms with Gasteiger partial charge >= 0.3 is 11.9 Å². The highest BCUT2D eigenvalue weighted by molar-refractivity contribution is 5.68. The number of carboxylic acid groups (broad SMARTS) is 2. The maximum absolute atomic E-state index is 10.6. The molecule has 0 heterocycles. The molecule has 1 aliphatic carbocycles. The van der Waals surface area contributed by atoms with Crippen LogP contribution in [0.25, 0.3) is 0 Å². The highest BCUT2D eigenvalue weighted by Gasteiger charge is 2.29. The highest BCUT2D eigenvalue weighted by Crippen LogP contribution is 2.37. The molecule has 1 saturated carbocycles. The molecule has 25 heavy (non-hydrogen) atoms. The van der Waals surface area contributed by atoms with Gasteiger partial charge < -0.3 is 15.3 Å². The lowest BCUT2D eigenvalue weighted by Gasteiger charge is -2.35. The summed E-state index contributed by atoms with van der Waals surface area (Å²) in [4.78, 5) is 20.9. The van der Waals surface area contributed by atoms with Gasteiger partial charge in [-0.3, -0.25) is 9.59 Å². The average Bonchev–Trinajstić information content (AvgIpc) is 2.42. The van der Waals surface area contributed by atoms with Crippen molar-refractivity contribution >= 4 is 11.9 Å². The Bertz CT molecular complexity index is 409. The topological polar surface area (TPSA) is 94.8 Å². The lowest BCUT2D eigenvalue weighted by Crippen LogP contribution is -2.27. The molecule has 3 N–H and O–H groups in total. The normalized spacial score (nSPS) is 22.5. The predicted molar refractivity (Wildman–Crippen MR) is 99.5 cm³/mol. The van der Waals surface area contributed by atoms with E-state index in [9.17, 15) is 14.7 Å². The SMILES string of the molecule is CC(C)(C)C(CCC(=O)O)CC(=O)O.CC(C)(C)C1CCC(O)CC1. The summed E-state index contributed by atoms with van der Waals surface area (Å²) < 4.78 is 0. The minimum atomic E-state index is -0.871. The van der Waals surface area contributed by atoms with E-state index in [-0.39, 0.29) is 30.3 Å². The van der Waals surface area contributed by atoms with E-state index in [0.717, 1.165) is 18.8 Å². The van der Waals surface area contributed by atoms with Gasteiger partial charge in [-0.15, -0.1) is 0 Å². The Kier molecular flexibility index (Phi) is 9.70. The van der Waals surface area contributed by atoms with Crippen LogP contribution in [0.4, 0.5) is 0 Å². The Balaban J connectivity index is 0.000000472. The van der Waals surface area contributed by atoms with Crippen molar-refractivity contribution in [3.8, 4) is 0 Å². The summed E-state index contributed by atoms with van der Waals surface area (Å²) in [5.74, 6) is -0.998. The second-order valence-electron chi connectivity index (χ2n) is 9.46. The van der Waals surface area contributed by atoms with Crippen LogP contribution in [0.1, 0.15) is 86.5 Å². The van der Waals surface area contributed by atoms with Gasteiger partial charge in [-0.25, -0.2) is 0 Å². The maximum Gasteiger partial charge on any atom is 0.303 e.